The lowest BCUT2D eigenvalue weighted by Crippen LogP contribution is -2.52. The summed E-state index contributed by atoms with van der Waals surface area (Å²) in [5, 5.41) is 2.85. The topological polar surface area (TPSA) is 96.0 Å². The van der Waals surface area contributed by atoms with Crippen LogP contribution in [0, 0.1) is 5.82 Å². The Bertz CT molecular complexity index is 1090. The largest absolute Gasteiger partial charge is 0.497 e. The molecule has 0 aliphatic heterocycles. The van der Waals surface area contributed by atoms with Crippen LogP contribution in [-0.2, 0) is 26.2 Å². The minimum Gasteiger partial charge on any atom is -0.497 e. The number of carbonyl (C=O) groups excluding carboxylic acids is 2. The summed E-state index contributed by atoms with van der Waals surface area (Å²) in [6, 6.07) is 11.5. The number of sulfonamides is 1. The predicted octanol–water partition coefficient (Wildman–Crippen LogP) is 3.32. The van der Waals surface area contributed by atoms with Crippen LogP contribution in [0.3, 0.4) is 0 Å². The van der Waals surface area contributed by atoms with Crippen molar-refractivity contribution in [2.75, 3.05) is 30.8 Å². The summed E-state index contributed by atoms with van der Waals surface area (Å²) in [6.07, 6.45) is 2.93. The number of hydrogen-bond donors (Lipinski definition) is 1. The zero-order chi connectivity index (χ0) is 26.0. The van der Waals surface area contributed by atoms with E-state index in [4.69, 9.17) is 4.74 Å². The lowest BCUT2D eigenvalue weighted by Gasteiger charge is -2.33. The number of para-hydroxylation sites is 1. The lowest BCUT2D eigenvalue weighted by atomic mass is 10.1. The summed E-state index contributed by atoms with van der Waals surface area (Å²) in [5.74, 6) is -1.07. The molecule has 0 saturated carbocycles. The number of rotatable bonds is 13. The van der Waals surface area contributed by atoms with Crippen LogP contribution in [0.1, 0.15) is 38.7 Å². The third kappa shape index (κ3) is 7.95. The number of unbranched alkanes of at least 4 members (excludes halogenated alkanes) is 1. The van der Waals surface area contributed by atoms with E-state index in [1.807, 2.05) is 6.92 Å². The van der Waals surface area contributed by atoms with Crippen molar-refractivity contribution in [2.24, 2.45) is 0 Å². The van der Waals surface area contributed by atoms with Crippen LogP contribution < -0.4 is 14.4 Å². The highest BCUT2D eigenvalue weighted by Gasteiger charge is 2.32. The van der Waals surface area contributed by atoms with Crippen molar-refractivity contribution < 1.29 is 27.1 Å². The first-order valence-electron chi connectivity index (χ1n) is 11.5. The van der Waals surface area contributed by atoms with Crippen molar-refractivity contribution in [3.8, 4) is 5.75 Å². The van der Waals surface area contributed by atoms with E-state index in [1.54, 1.807) is 38.3 Å². The van der Waals surface area contributed by atoms with Gasteiger partial charge < -0.3 is 15.0 Å². The minimum atomic E-state index is -3.99. The van der Waals surface area contributed by atoms with E-state index in [1.165, 1.54) is 23.1 Å². The molecule has 1 N–H and O–H groups in total. The molecule has 0 aromatic heterocycles. The van der Waals surface area contributed by atoms with Crippen LogP contribution in [0.4, 0.5) is 10.1 Å². The van der Waals surface area contributed by atoms with E-state index < -0.39 is 34.3 Å². The molecule has 1 atom stereocenters. The van der Waals surface area contributed by atoms with Gasteiger partial charge in [-0.3, -0.25) is 13.9 Å². The maximum absolute atomic E-state index is 14.5. The number of nitrogens with zero attached hydrogens (tertiary/aromatic N) is 2. The van der Waals surface area contributed by atoms with Gasteiger partial charge in [0.1, 0.15) is 24.2 Å². The average molecular weight is 508 g/mol. The Morgan fingerprint density at radius 2 is 1.74 bits per heavy atom. The van der Waals surface area contributed by atoms with Crippen molar-refractivity contribution in [1.29, 1.82) is 0 Å². The molecule has 0 saturated heterocycles. The number of benzene rings is 2. The third-order valence-electron chi connectivity index (χ3n) is 5.53. The number of nitrogens with one attached hydrogen (secondary N) is 1. The van der Waals surface area contributed by atoms with Gasteiger partial charge in [-0.15, -0.1) is 0 Å². The molecule has 0 fully saturated rings. The normalized spacial score (nSPS) is 12.0. The molecule has 2 amide bonds. The molecule has 0 aliphatic rings. The second kappa shape index (κ2) is 13.1. The first kappa shape index (κ1) is 28.1. The Kier molecular flexibility index (Phi) is 10.5. The van der Waals surface area contributed by atoms with Crippen molar-refractivity contribution in [2.45, 2.75) is 45.7 Å². The first-order chi connectivity index (χ1) is 16.6. The minimum absolute atomic E-state index is 0.0669. The molecule has 192 valence electrons. The highest BCUT2D eigenvalue weighted by atomic mass is 32.2. The molecule has 2 aromatic carbocycles. The molecular formula is C25H34FN3O5S. The average Bonchev–Trinajstić information content (AvgIpc) is 2.82. The molecule has 2 rings (SSSR count). The fourth-order valence-corrected chi connectivity index (χ4v) is 4.45. The molecule has 35 heavy (non-hydrogen) atoms. The Morgan fingerprint density at radius 3 is 2.29 bits per heavy atom. The fourth-order valence-electron chi connectivity index (χ4n) is 3.60. The fraction of sp³-hybridized carbons (Fsp3) is 0.440. The maximum atomic E-state index is 14.5. The molecule has 0 aliphatic carbocycles. The van der Waals surface area contributed by atoms with E-state index in [0.717, 1.165) is 35.0 Å². The number of ether oxygens (including phenoxy) is 1. The summed E-state index contributed by atoms with van der Waals surface area (Å²) in [4.78, 5) is 27.9. The zero-order valence-electron chi connectivity index (χ0n) is 20.7. The molecule has 0 spiro atoms. The van der Waals surface area contributed by atoms with Gasteiger partial charge in [0.25, 0.3) is 0 Å². The van der Waals surface area contributed by atoms with Crippen molar-refractivity contribution >= 4 is 27.5 Å². The van der Waals surface area contributed by atoms with E-state index in [2.05, 4.69) is 5.32 Å². The van der Waals surface area contributed by atoms with Gasteiger partial charge in [-0.2, -0.15) is 0 Å². The van der Waals surface area contributed by atoms with E-state index >= 15 is 0 Å². The Morgan fingerprint density at radius 1 is 1.09 bits per heavy atom. The van der Waals surface area contributed by atoms with E-state index in [-0.39, 0.29) is 18.1 Å². The number of methoxy groups -OCH3 is 1. The molecular weight excluding hydrogens is 473 g/mol. The Hall–Kier alpha value is -3.14. The van der Waals surface area contributed by atoms with Gasteiger partial charge in [-0.1, -0.05) is 44.5 Å². The van der Waals surface area contributed by atoms with E-state index in [0.29, 0.717) is 18.7 Å². The van der Waals surface area contributed by atoms with Crippen LogP contribution in [0.15, 0.2) is 48.5 Å². The first-order valence-corrected chi connectivity index (χ1v) is 13.4. The lowest BCUT2D eigenvalue weighted by molar-refractivity contribution is -0.140. The van der Waals surface area contributed by atoms with Gasteiger partial charge in [-0.05, 0) is 42.7 Å². The van der Waals surface area contributed by atoms with Gasteiger partial charge in [-0.25, -0.2) is 12.8 Å². The van der Waals surface area contributed by atoms with Gasteiger partial charge in [0, 0.05) is 13.1 Å². The molecule has 0 heterocycles. The predicted molar refractivity (Wildman–Crippen MR) is 134 cm³/mol. The number of amides is 2. The highest BCUT2D eigenvalue weighted by Crippen LogP contribution is 2.23. The summed E-state index contributed by atoms with van der Waals surface area (Å²) >= 11 is 0. The summed E-state index contributed by atoms with van der Waals surface area (Å²) in [5.41, 5.74) is 0.504. The molecule has 8 nitrogen and oxygen atoms in total. The SMILES string of the molecule is CCCCNC(=O)C(CC)N(Cc1ccc(OC)cc1)C(=O)CN(c1ccccc1F)S(C)(=O)=O. The van der Waals surface area contributed by atoms with Gasteiger partial charge in [0.05, 0.1) is 19.1 Å². The van der Waals surface area contributed by atoms with Gasteiger partial charge >= 0.3 is 0 Å². The van der Waals surface area contributed by atoms with Gasteiger partial charge in [0.2, 0.25) is 21.8 Å². The van der Waals surface area contributed by atoms with Crippen molar-refractivity contribution in [3.05, 3.63) is 59.9 Å². The smallest absolute Gasteiger partial charge is 0.244 e. The Balaban J connectivity index is 2.41. The monoisotopic (exact) mass is 507 g/mol. The number of carbonyl (C=O) groups is 2. The molecule has 1 unspecified atom stereocenters. The third-order valence-corrected chi connectivity index (χ3v) is 6.65. The van der Waals surface area contributed by atoms with E-state index in [9.17, 15) is 22.4 Å². The molecule has 0 bridgehead atoms. The molecule has 0 radical (unpaired) electrons. The van der Waals surface area contributed by atoms with Crippen molar-refractivity contribution in [1.82, 2.24) is 10.2 Å². The van der Waals surface area contributed by atoms with Crippen LogP contribution in [0.25, 0.3) is 0 Å². The number of hydrogen-bond acceptors (Lipinski definition) is 5. The van der Waals surface area contributed by atoms with Crippen LogP contribution in [0.5, 0.6) is 5.75 Å². The van der Waals surface area contributed by atoms with Crippen LogP contribution >= 0.6 is 0 Å². The number of halogens is 1. The standard InChI is InChI=1S/C25H34FN3O5S/c1-5-7-16-27-25(31)22(6-2)28(17-19-12-14-20(34-3)15-13-19)24(30)18-29(35(4,32)33)23-11-9-8-10-21(23)26/h8-15,22H,5-7,16-18H2,1-4H3,(H,27,31). The quantitative estimate of drug-likeness (QED) is 0.420. The van der Waals surface area contributed by atoms with Crippen molar-refractivity contribution in [3.63, 3.8) is 0 Å². The zero-order valence-corrected chi connectivity index (χ0v) is 21.5. The second-order valence-electron chi connectivity index (χ2n) is 8.16. The van der Waals surface area contributed by atoms with Crippen LogP contribution in [0.2, 0.25) is 0 Å². The van der Waals surface area contributed by atoms with Gasteiger partial charge in [0.15, 0.2) is 0 Å². The highest BCUT2D eigenvalue weighted by molar-refractivity contribution is 7.92. The summed E-state index contributed by atoms with van der Waals surface area (Å²) < 4.78 is 45.4. The molecule has 2 aromatic rings. The van der Waals surface area contributed by atoms with Crippen LogP contribution in [-0.4, -0.2) is 57.6 Å². The maximum Gasteiger partial charge on any atom is 0.244 e. The number of anilines is 1. The summed E-state index contributed by atoms with van der Waals surface area (Å²) in [7, 11) is -2.45. The second-order valence-corrected chi connectivity index (χ2v) is 10.1. The molecule has 10 heteroatoms. The summed E-state index contributed by atoms with van der Waals surface area (Å²) in [6.45, 7) is 3.68. The Labute approximate surface area is 207 Å².